The van der Waals surface area contributed by atoms with E-state index < -0.39 is 0 Å². The van der Waals surface area contributed by atoms with Crippen LogP contribution in [0.15, 0.2) is 309 Å². The van der Waals surface area contributed by atoms with Gasteiger partial charge in [-0.15, -0.1) is 0 Å². The molecular weight excluding hydrogens is 1260 g/mol. The Kier molecular flexibility index (Phi) is 13.9. The Hall–Kier alpha value is -13.3. The fourth-order valence-corrected chi connectivity index (χ4v) is 14.6. The van der Waals surface area contributed by atoms with Crippen molar-refractivity contribution in [1.29, 1.82) is 0 Å². The fraction of sp³-hybridized carbons (Fsp3) is 0.0667. The molecule has 0 saturated carbocycles. The zero-order valence-corrected chi connectivity index (χ0v) is 55.9. The lowest BCUT2D eigenvalue weighted by Crippen LogP contribution is -2.15. The average Bonchev–Trinajstić information content (AvgIpc) is 1.57. The maximum atomic E-state index is 6.06. The SMILES string of the molecule is CC1(C)c2ccccc2-c2ccc(-c3cc(-c4ccc(-c5nc6ccccc6o5)cc4)cc(-c4ccc(-c5nc6ccccc6o5)cc4)n3)cc21.CC1(C)c2ccccc2-c2ccc(-c3nc(-c4ccc(-c5nc6ccccc6o5)cc4)nc(-c4ccc(-c5nc6ccccc6o5)cc4)n3)cc21. The zero-order chi connectivity index (χ0) is 68.2. The number of fused-ring (bicyclic) bond motifs is 10. The zero-order valence-electron chi connectivity index (χ0n) is 55.9. The van der Waals surface area contributed by atoms with Crippen LogP contribution < -0.4 is 0 Å². The van der Waals surface area contributed by atoms with Gasteiger partial charge in [-0.1, -0.05) is 198 Å². The lowest BCUT2D eigenvalue weighted by Gasteiger charge is -2.22. The summed E-state index contributed by atoms with van der Waals surface area (Å²) in [7, 11) is 0. The van der Waals surface area contributed by atoms with E-state index in [0.717, 1.165) is 117 Å². The molecule has 0 spiro atoms. The van der Waals surface area contributed by atoms with Crippen molar-refractivity contribution in [1.82, 2.24) is 39.9 Å². The minimum atomic E-state index is -0.151. The molecule has 2 aliphatic rings. The van der Waals surface area contributed by atoms with Gasteiger partial charge in [-0.25, -0.2) is 39.9 Å². The van der Waals surface area contributed by atoms with E-state index >= 15 is 0 Å². The van der Waals surface area contributed by atoms with Crippen LogP contribution in [0.5, 0.6) is 0 Å². The highest BCUT2D eigenvalue weighted by Gasteiger charge is 2.37. The van der Waals surface area contributed by atoms with Gasteiger partial charge in [-0.05, 0) is 177 Å². The molecule has 12 heteroatoms. The summed E-state index contributed by atoms with van der Waals surface area (Å²) in [5.74, 6) is 4.11. The lowest BCUT2D eigenvalue weighted by molar-refractivity contribution is 0.619. The number of para-hydroxylation sites is 8. The summed E-state index contributed by atoms with van der Waals surface area (Å²) in [5, 5.41) is 0. The maximum absolute atomic E-state index is 6.06. The molecule has 0 bridgehead atoms. The van der Waals surface area contributed by atoms with Crippen molar-refractivity contribution in [2.24, 2.45) is 0 Å². The average molecular weight is 1320 g/mol. The number of benzene rings is 12. The molecule has 0 fully saturated rings. The normalized spacial score (nSPS) is 13.1. The minimum Gasteiger partial charge on any atom is -0.436 e. The summed E-state index contributed by atoms with van der Waals surface area (Å²) < 4.78 is 24.2. The van der Waals surface area contributed by atoms with Crippen LogP contribution >= 0.6 is 0 Å². The predicted molar refractivity (Wildman–Crippen MR) is 404 cm³/mol. The van der Waals surface area contributed by atoms with Gasteiger partial charge in [0.05, 0.1) is 11.4 Å². The smallest absolute Gasteiger partial charge is 0.227 e. The standard InChI is InChI=1S/C46H31N3O2.C44H29N5O2/c1-46(2)36-10-4-3-9-34(36)35-24-23-32(25-37(35)46)41-27-33(28-15-19-30(20-16-28)44-48-38-11-5-7-13-42(38)50-44)26-40(47-41)29-17-21-31(22-18-29)45-49-39-12-6-8-14-43(39)51-45;1-44(2)33-10-4-3-9-31(33)32-24-23-30(25-34(32)44)41-48-39(26-15-19-28(20-16-26)42-45-35-11-5-7-13-37(35)50-42)47-40(49-41)27-17-21-29(22-18-27)43-46-36-12-6-8-14-38(36)51-43/h3-27H,1-2H3;3-25H,1-2H3. The fourth-order valence-electron chi connectivity index (χ4n) is 14.6. The van der Waals surface area contributed by atoms with E-state index in [1.807, 2.05) is 146 Å². The van der Waals surface area contributed by atoms with E-state index in [1.54, 1.807) is 0 Å². The first-order valence-electron chi connectivity index (χ1n) is 34.1. The number of pyridine rings is 1. The second-order valence-corrected chi connectivity index (χ2v) is 27.1. The van der Waals surface area contributed by atoms with Gasteiger partial charge in [0.2, 0.25) is 23.6 Å². The number of hydrogen-bond acceptors (Lipinski definition) is 12. The molecule has 0 N–H and O–H groups in total. The van der Waals surface area contributed by atoms with Gasteiger partial charge >= 0.3 is 0 Å². The third-order valence-corrected chi connectivity index (χ3v) is 20.0. The molecule has 6 heterocycles. The van der Waals surface area contributed by atoms with Gasteiger partial charge in [0, 0.05) is 60.9 Å². The van der Waals surface area contributed by atoms with Crippen molar-refractivity contribution < 1.29 is 17.7 Å². The van der Waals surface area contributed by atoms with Crippen molar-refractivity contribution >= 4 is 44.4 Å². The van der Waals surface area contributed by atoms with Crippen LogP contribution in [0.4, 0.5) is 0 Å². The first-order chi connectivity index (χ1) is 49.9. The molecule has 6 aromatic heterocycles. The summed E-state index contributed by atoms with van der Waals surface area (Å²) in [5.41, 5.74) is 28.9. The molecular formula is C90H60N8O4. The van der Waals surface area contributed by atoms with Crippen LogP contribution in [0.3, 0.4) is 0 Å². The van der Waals surface area contributed by atoms with Crippen LogP contribution in [0, 0.1) is 0 Å². The monoisotopic (exact) mass is 1320 g/mol. The highest BCUT2D eigenvalue weighted by Crippen LogP contribution is 2.51. The highest BCUT2D eigenvalue weighted by molar-refractivity contribution is 5.88. The number of aromatic nitrogens is 8. The Morgan fingerprint density at radius 1 is 0.206 bits per heavy atom. The van der Waals surface area contributed by atoms with E-state index in [1.165, 1.54) is 44.5 Å². The summed E-state index contributed by atoms with van der Waals surface area (Å²) >= 11 is 0. The molecule has 0 unspecified atom stereocenters. The van der Waals surface area contributed by atoms with Crippen molar-refractivity contribution in [2.75, 3.05) is 0 Å². The van der Waals surface area contributed by atoms with Crippen LogP contribution in [-0.4, -0.2) is 39.9 Å². The van der Waals surface area contributed by atoms with Gasteiger partial charge in [0.25, 0.3) is 0 Å². The summed E-state index contributed by atoms with van der Waals surface area (Å²) in [4.78, 5) is 39.2. The molecule has 0 aliphatic heterocycles. The Balaban J connectivity index is 0.000000141. The van der Waals surface area contributed by atoms with Crippen molar-refractivity contribution in [3.8, 4) is 136 Å². The summed E-state index contributed by atoms with van der Waals surface area (Å²) in [6, 6.07) is 99.0. The molecule has 102 heavy (non-hydrogen) atoms. The van der Waals surface area contributed by atoms with E-state index in [2.05, 4.69) is 183 Å². The number of rotatable bonds is 10. The first kappa shape index (κ1) is 59.9. The van der Waals surface area contributed by atoms with Gasteiger partial charge in [-0.2, -0.15) is 0 Å². The number of oxazole rings is 4. The molecule has 0 radical (unpaired) electrons. The topological polar surface area (TPSA) is 156 Å². The van der Waals surface area contributed by atoms with Crippen molar-refractivity contribution in [3.05, 3.63) is 313 Å². The summed E-state index contributed by atoms with van der Waals surface area (Å²) in [6.45, 7) is 9.19. The molecule has 12 nitrogen and oxygen atoms in total. The van der Waals surface area contributed by atoms with Gasteiger partial charge in [0.1, 0.15) is 22.1 Å². The Labute approximate surface area is 586 Å². The van der Waals surface area contributed by atoms with E-state index in [4.69, 9.17) is 47.6 Å². The second-order valence-electron chi connectivity index (χ2n) is 27.1. The molecule has 0 atom stereocenters. The van der Waals surface area contributed by atoms with Gasteiger partial charge < -0.3 is 17.7 Å². The number of hydrogen-bond donors (Lipinski definition) is 0. The molecule has 2 aliphatic carbocycles. The van der Waals surface area contributed by atoms with E-state index in [0.29, 0.717) is 41.0 Å². The van der Waals surface area contributed by atoms with Crippen LogP contribution in [0.25, 0.3) is 180 Å². The van der Waals surface area contributed by atoms with E-state index in [9.17, 15) is 0 Å². The minimum absolute atomic E-state index is 0.108. The van der Waals surface area contributed by atoms with Crippen molar-refractivity contribution in [2.45, 2.75) is 38.5 Å². The molecule has 12 aromatic carbocycles. The third-order valence-electron chi connectivity index (χ3n) is 20.0. The van der Waals surface area contributed by atoms with Crippen molar-refractivity contribution in [3.63, 3.8) is 0 Å². The highest BCUT2D eigenvalue weighted by atomic mass is 16.4. The largest absolute Gasteiger partial charge is 0.436 e. The quantitative estimate of drug-likeness (QED) is 0.128. The predicted octanol–water partition coefficient (Wildman–Crippen LogP) is 22.8. The lowest BCUT2D eigenvalue weighted by atomic mass is 9.82. The van der Waals surface area contributed by atoms with Crippen LogP contribution in [0.2, 0.25) is 0 Å². The molecule has 20 rings (SSSR count). The Morgan fingerprint density at radius 2 is 0.490 bits per heavy atom. The molecule has 484 valence electrons. The van der Waals surface area contributed by atoms with Crippen LogP contribution in [0.1, 0.15) is 49.9 Å². The first-order valence-corrected chi connectivity index (χ1v) is 34.1. The van der Waals surface area contributed by atoms with Gasteiger partial charge in [0.15, 0.2) is 39.8 Å². The number of nitrogens with zero attached hydrogens (tertiary/aromatic N) is 8. The van der Waals surface area contributed by atoms with E-state index in [-0.39, 0.29) is 10.8 Å². The van der Waals surface area contributed by atoms with Crippen LogP contribution in [-0.2, 0) is 10.8 Å². The molecule has 0 amide bonds. The third kappa shape index (κ3) is 10.5. The maximum Gasteiger partial charge on any atom is 0.227 e. The molecule has 18 aromatic rings. The second kappa shape index (κ2) is 23.7. The Morgan fingerprint density at radius 3 is 0.882 bits per heavy atom. The summed E-state index contributed by atoms with van der Waals surface area (Å²) in [6.07, 6.45) is 0. The van der Waals surface area contributed by atoms with Gasteiger partial charge in [-0.3, -0.25) is 0 Å². The Bertz CT molecular complexity index is 5530. The molecule has 0 saturated heterocycles.